The molecule has 3 aromatic rings. The Balaban J connectivity index is 1.56. The smallest absolute Gasteiger partial charge is 0.258 e. The van der Waals surface area contributed by atoms with Gasteiger partial charge >= 0.3 is 0 Å². The van der Waals surface area contributed by atoms with E-state index in [1.807, 2.05) is 30.5 Å². The summed E-state index contributed by atoms with van der Waals surface area (Å²) in [6.45, 7) is 4.40. The summed E-state index contributed by atoms with van der Waals surface area (Å²) in [6.07, 6.45) is 1.85. The lowest BCUT2D eigenvalue weighted by molar-refractivity contribution is 0.0985. The monoisotopic (exact) mass is 454 g/mol. The number of amides is 1. The Kier molecular flexibility index (Phi) is 6.76. The average molecular weight is 455 g/mol. The average Bonchev–Trinajstić information content (AvgIpc) is 2.79. The summed E-state index contributed by atoms with van der Waals surface area (Å²) in [5, 5.41) is 1.22. The molecule has 0 unspecified atom stereocenters. The van der Waals surface area contributed by atoms with Gasteiger partial charge in [-0.3, -0.25) is 4.79 Å². The molecule has 0 bridgehead atoms. The number of pyridine rings is 1. The van der Waals surface area contributed by atoms with Gasteiger partial charge in [0.25, 0.3) is 5.91 Å². The van der Waals surface area contributed by atoms with Crippen molar-refractivity contribution in [1.82, 2.24) is 9.88 Å². The molecule has 0 spiro atoms. The number of nitrogens with zero attached hydrogens (tertiary/aromatic N) is 4. The number of anilines is 2. The molecule has 1 saturated heterocycles. The highest BCUT2D eigenvalue weighted by Crippen LogP contribution is 2.24. The van der Waals surface area contributed by atoms with Crippen LogP contribution >= 0.6 is 23.2 Å². The second kappa shape index (κ2) is 9.69. The van der Waals surface area contributed by atoms with E-state index in [1.165, 1.54) is 0 Å². The normalized spacial score (nSPS) is 14.5. The molecule has 0 N–H and O–H groups in total. The molecule has 2 aromatic carbocycles. The largest absolute Gasteiger partial charge is 0.354 e. The van der Waals surface area contributed by atoms with E-state index in [9.17, 15) is 4.79 Å². The number of benzene rings is 2. The lowest BCUT2D eigenvalue weighted by atomic mass is 10.1. The third-order valence-corrected chi connectivity index (χ3v) is 5.96. The first-order valence-electron chi connectivity index (χ1n) is 10.2. The molecule has 7 heteroatoms. The van der Waals surface area contributed by atoms with Crippen molar-refractivity contribution in [2.75, 3.05) is 43.0 Å². The number of halogens is 2. The predicted molar refractivity (Wildman–Crippen MR) is 127 cm³/mol. The molecule has 1 aliphatic heterocycles. The van der Waals surface area contributed by atoms with Crippen molar-refractivity contribution >= 4 is 40.6 Å². The lowest BCUT2D eigenvalue weighted by Crippen LogP contribution is -2.44. The zero-order valence-electron chi connectivity index (χ0n) is 17.3. The molecule has 0 aliphatic carbocycles. The van der Waals surface area contributed by atoms with Crippen LogP contribution in [0.5, 0.6) is 0 Å². The fourth-order valence-electron chi connectivity index (χ4n) is 3.57. The minimum Gasteiger partial charge on any atom is -0.354 e. The van der Waals surface area contributed by atoms with Crippen molar-refractivity contribution in [2.24, 2.45) is 0 Å². The fourth-order valence-corrected chi connectivity index (χ4v) is 3.82. The number of rotatable bonds is 5. The van der Waals surface area contributed by atoms with Gasteiger partial charge in [0, 0.05) is 53.7 Å². The van der Waals surface area contributed by atoms with Gasteiger partial charge in [-0.25, -0.2) is 4.98 Å². The molecular formula is C24H24Cl2N4O. The van der Waals surface area contributed by atoms with E-state index in [0.29, 0.717) is 22.2 Å². The molecule has 4 rings (SSSR count). The van der Waals surface area contributed by atoms with Gasteiger partial charge in [0.15, 0.2) is 0 Å². The van der Waals surface area contributed by atoms with Crippen molar-refractivity contribution in [3.63, 3.8) is 0 Å². The van der Waals surface area contributed by atoms with Crippen LogP contribution in [-0.2, 0) is 6.54 Å². The summed E-state index contributed by atoms with van der Waals surface area (Å²) in [4.78, 5) is 24.3. The summed E-state index contributed by atoms with van der Waals surface area (Å²) in [6, 6.07) is 18.3. The van der Waals surface area contributed by atoms with Gasteiger partial charge in [0.2, 0.25) is 0 Å². The number of hydrogen-bond donors (Lipinski definition) is 0. The third kappa shape index (κ3) is 5.37. The Labute approximate surface area is 192 Å². The van der Waals surface area contributed by atoms with Crippen LogP contribution < -0.4 is 9.80 Å². The molecule has 0 saturated carbocycles. The van der Waals surface area contributed by atoms with E-state index in [0.717, 1.165) is 43.2 Å². The van der Waals surface area contributed by atoms with Gasteiger partial charge in [0.05, 0.1) is 6.54 Å². The van der Waals surface area contributed by atoms with E-state index in [4.69, 9.17) is 23.2 Å². The highest BCUT2D eigenvalue weighted by molar-refractivity contribution is 6.31. The maximum atomic E-state index is 13.3. The Morgan fingerprint density at radius 3 is 2.10 bits per heavy atom. The Bertz CT molecular complexity index is 1010. The predicted octanol–water partition coefficient (Wildman–Crippen LogP) is 4.99. The van der Waals surface area contributed by atoms with Crippen LogP contribution in [-0.4, -0.2) is 49.0 Å². The molecule has 1 aliphatic rings. The molecular weight excluding hydrogens is 431 g/mol. The molecule has 31 heavy (non-hydrogen) atoms. The molecule has 160 valence electrons. The Hall–Kier alpha value is -2.60. The summed E-state index contributed by atoms with van der Waals surface area (Å²) < 4.78 is 0. The molecule has 0 radical (unpaired) electrons. The number of carbonyl (C=O) groups is 1. The molecule has 1 amide bonds. The third-order valence-electron chi connectivity index (χ3n) is 5.45. The number of piperazine rings is 1. The van der Waals surface area contributed by atoms with Crippen molar-refractivity contribution in [3.8, 4) is 0 Å². The van der Waals surface area contributed by atoms with Crippen LogP contribution in [0, 0.1) is 0 Å². The van der Waals surface area contributed by atoms with Gasteiger partial charge in [-0.1, -0.05) is 29.3 Å². The van der Waals surface area contributed by atoms with E-state index in [1.54, 1.807) is 41.3 Å². The second-order valence-electron chi connectivity index (χ2n) is 7.69. The van der Waals surface area contributed by atoms with Gasteiger partial charge in [-0.15, -0.1) is 0 Å². The van der Waals surface area contributed by atoms with Crippen LogP contribution in [0.25, 0.3) is 0 Å². The molecule has 1 aromatic heterocycles. The number of aromatic nitrogens is 1. The summed E-state index contributed by atoms with van der Waals surface area (Å²) in [7, 11) is 2.14. The lowest BCUT2D eigenvalue weighted by Gasteiger charge is -2.33. The highest BCUT2D eigenvalue weighted by atomic mass is 35.5. The molecule has 1 fully saturated rings. The van der Waals surface area contributed by atoms with Gasteiger partial charge in [-0.2, -0.15) is 0 Å². The van der Waals surface area contributed by atoms with E-state index >= 15 is 0 Å². The maximum absolute atomic E-state index is 13.3. The minimum absolute atomic E-state index is 0.109. The van der Waals surface area contributed by atoms with Crippen molar-refractivity contribution in [3.05, 3.63) is 88.0 Å². The topological polar surface area (TPSA) is 39.7 Å². The number of carbonyl (C=O) groups excluding carboxylic acids is 1. The Morgan fingerprint density at radius 1 is 0.903 bits per heavy atom. The summed E-state index contributed by atoms with van der Waals surface area (Å²) in [5.74, 6) is 0.862. The summed E-state index contributed by atoms with van der Waals surface area (Å²) in [5.41, 5.74) is 2.30. The highest BCUT2D eigenvalue weighted by Gasteiger charge is 2.19. The van der Waals surface area contributed by atoms with Gasteiger partial charge in [-0.05, 0) is 67.2 Å². The molecule has 5 nitrogen and oxygen atoms in total. The standard InChI is InChI=1S/C24H24Cl2N4O/c1-28-12-14-29(15-13-28)23-11-2-18(16-27-23)17-30(22-9-7-21(26)8-10-22)24(31)19-3-5-20(25)6-4-19/h2-11,16H,12-15,17H2,1H3. The van der Waals surface area contributed by atoms with Crippen LogP contribution in [0.4, 0.5) is 11.5 Å². The quantitative estimate of drug-likeness (QED) is 0.544. The second-order valence-corrected chi connectivity index (χ2v) is 8.56. The molecule has 2 heterocycles. The van der Waals surface area contributed by atoms with Crippen LogP contribution in [0.1, 0.15) is 15.9 Å². The first-order valence-corrected chi connectivity index (χ1v) is 11.0. The SMILES string of the molecule is CN1CCN(c2ccc(CN(C(=O)c3ccc(Cl)cc3)c3ccc(Cl)cc3)cn2)CC1. The maximum Gasteiger partial charge on any atom is 0.258 e. The van der Waals surface area contributed by atoms with E-state index in [-0.39, 0.29) is 5.91 Å². The van der Waals surface area contributed by atoms with Gasteiger partial charge in [0.1, 0.15) is 5.82 Å². The van der Waals surface area contributed by atoms with Crippen molar-refractivity contribution in [2.45, 2.75) is 6.54 Å². The van der Waals surface area contributed by atoms with Crippen molar-refractivity contribution < 1.29 is 4.79 Å². The number of hydrogen-bond acceptors (Lipinski definition) is 4. The van der Waals surface area contributed by atoms with Gasteiger partial charge < -0.3 is 14.7 Å². The first-order chi connectivity index (χ1) is 15.0. The van der Waals surface area contributed by atoms with E-state index < -0.39 is 0 Å². The van der Waals surface area contributed by atoms with Crippen molar-refractivity contribution in [1.29, 1.82) is 0 Å². The fraction of sp³-hybridized carbons (Fsp3) is 0.250. The number of likely N-dealkylation sites (N-methyl/N-ethyl adjacent to an activating group) is 1. The summed E-state index contributed by atoms with van der Waals surface area (Å²) >= 11 is 12.0. The minimum atomic E-state index is -0.109. The van der Waals surface area contributed by atoms with Crippen LogP contribution in [0.3, 0.4) is 0 Å². The Morgan fingerprint density at radius 2 is 1.52 bits per heavy atom. The zero-order chi connectivity index (χ0) is 21.8. The van der Waals surface area contributed by atoms with E-state index in [2.05, 4.69) is 21.8 Å². The van der Waals surface area contributed by atoms with Crippen LogP contribution in [0.2, 0.25) is 10.0 Å². The molecule has 0 atom stereocenters. The zero-order valence-corrected chi connectivity index (χ0v) is 18.9. The van der Waals surface area contributed by atoms with Crippen LogP contribution in [0.15, 0.2) is 66.9 Å². The first kappa shape index (κ1) is 21.6.